The van der Waals surface area contributed by atoms with Crippen LogP contribution in [0.15, 0.2) is 39.7 Å². The van der Waals surface area contributed by atoms with Gasteiger partial charge in [0, 0.05) is 25.7 Å². The predicted octanol–water partition coefficient (Wildman–Crippen LogP) is 1.76. The summed E-state index contributed by atoms with van der Waals surface area (Å²) in [7, 11) is 1.70. The number of amides is 1. The number of hydrogen-bond donors (Lipinski definition) is 2. The van der Waals surface area contributed by atoms with Crippen LogP contribution in [0.2, 0.25) is 0 Å². The van der Waals surface area contributed by atoms with Crippen LogP contribution in [0.4, 0.5) is 5.69 Å². The number of aromatic nitrogens is 1. The number of nitrogens with one attached hydrogen (secondary N) is 2. The van der Waals surface area contributed by atoms with Crippen LogP contribution in [0.1, 0.15) is 23.8 Å². The first-order chi connectivity index (χ1) is 12.1. The van der Waals surface area contributed by atoms with E-state index in [0.29, 0.717) is 31.4 Å². The van der Waals surface area contributed by atoms with Crippen molar-refractivity contribution >= 4 is 17.6 Å². The van der Waals surface area contributed by atoms with Crippen LogP contribution in [0.25, 0.3) is 0 Å². The molecular formula is C18H23N5O2. The number of para-hydroxylation sites is 1. The third-order valence-corrected chi connectivity index (χ3v) is 4.24. The lowest BCUT2D eigenvalue weighted by Crippen LogP contribution is -2.44. The maximum Gasteiger partial charge on any atom is 0.229 e. The van der Waals surface area contributed by atoms with Crippen molar-refractivity contribution < 1.29 is 9.21 Å². The second-order valence-electron chi connectivity index (χ2n) is 6.06. The first-order valence-corrected chi connectivity index (χ1v) is 8.32. The fraction of sp³-hybridized carbons (Fsp3) is 0.389. The number of rotatable bonds is 4. The molecule has 1 atom stereocenters. The second-order valence-corrected chi connectivity index (χ2v) is 6.06. The molecule has 1 saturated heterocycles. The van der Waals surface area contributed by atoms with Crippen molar-refractivity contribution in [3.8, 4) is 0 Å². The zero-order chi connectivity index (χ0) is 17.8. The molecule has 1 aromatic carbocycles. The van der Waals surface area contributed by atoms with Gasteiger partial charge in [-0.05, 0) is 26.0 Å². The zero-order valence-corrected chi connectivity index (χ0v) is 14.7. The lowest BCUT2D eigenvalue weighted by Gasteiger charge is -2.18. The highest BCUT2D eigenvalue weighted by Gasteiger charge is 2.31. The fourth-order valence-electron chi connectivity index (χ4n) is 2.82. The molecule has 1 unspecified atom stereocenters. The van der Waals surface area contributed by atoms with Crippen molar-refractivity contribution in [1.29, 1.82) is 0 Å². The highest BCUT2D eigenvalue weighted by molar-refractivity contribution is 5.97. The molecule has 3 rings (SSSR count). The number of nitrogens with zero attached hydrogens (tertiary/aromatic N) is 3. The smallest absolute Gasteiger partial charge is 0.229 e. The van der Waals surface area contributed by atoms with Crippen LogP contribution in [-0.2, 0) is 11.3 Å². The molecule has 1 aliphatic heterocycles. The highest BCUT2D eigenvalue weighted by atomic mass is 16.4. The Morgan fingerprint density at radius 1 is 1.36 bits per heavy atom. The average Bonchev–Trinajstić information content (AvgIpc) is 3.14. The van der Waals surface area contributed by atoms with Crippen molar-refractivity contribution in [3.05, 3.63) is 47.7 Å². The number of anilines is 1. The standard InChI is InChI=1S/C18H23N5O2/c1-12-13(2)25-16(21-12)10-20-18(19-3)22-14-9-17(24)23(11-14)15-7-5-4-6-8-15/h4-8,14H,9-11H2,1-3H3,(H2,19,20,22). The van der Waals surface area contributed by atoms with Gasteiger partial charge in [-0.15, -0.1) is 0 Å². The molecule has 1 amide bonds. The first kappa shape index (κ1) is 17.0. The van der Waals surface area contributed by atoms with Crippen LogP contribution in [0.3, 0.4) is 0 Å². The Balaban J connectivity index is 1.56. The third kappa shape index (κ3) is 3.99. The Morgan fingerprint density at radius 2 is 2.12 bits per heavy atom. The average molecular weight is 341 g/mol. The topological polar surface area (TPSA) is 82.8 Å². The number of carbonyl (C=O) groups is 1. The summed E-state index contributed by atoms with van der Waals surface area (Å²) in [5.41, 5.74) is 1.81. The van der Waals surface area contributed by atoms with Crippen LogP contribution >= 0.6 is 0 Å². The molecule has 7 nitrogen and oxygen atoms in total. The lowest BCUT2D eigenvalue weighted by molar-refractivity contribution is -0.117. The number of aliphatic imine (C=N–C) groups is 1. The molecule has 0 radical (unpaired) electrons. The fourth-order valence-corrected chi connectivity index (χ4v) is 2.82. The first-order valence-electron chi connectivity index (χ1n) is 8.32. The molecule has 0 aliphatic carbocycles. The van der Waals surface area contributed by atoms with Gasteiger partial charge in [0.05, 0.1) is 18.3 Å². The molecule has 0 bridgehead atoms. The predicted molar refractivity (Wildman–Crippen MR) is 96.5 cm³/mol. The maximum atomic E-state index is 12.3. The molecule has 1 aliphatic rings. The van der Waals surface area contributed by atoms with E-state index in [1.54, 1.807) is 11.9 Å². The van der Waals surface area contributed by atoms with Crippen molar-refractivity contribution in [1.82, 2.24) is 15.6 Å². The SMILES string of the molecule is CN=C(NCc1nc(C)c(C)o1)NC1CC(=O)N(c2ccccc2)C1. The molecule has 1 aromatic heterocycles. The van der Waals surface area contributed by atoms with E-state index in [1.807, 2.05) is 44.2 Å². The van der Waals surface area contributed by atoms with Crippen LogP contribution in [-0.4, -0.2) is 36.5 Å². The van der Waals surface area contributed by atoms with Gasteiger partial charge in [-0.25, -0.2) is 4.98 Å². The van der Waals surface area contributed by atoms with E-state index in [-0.39, 0.29) is 11.9 Å². The van der Waals surface area contributed by atoms with Crippen molar-refractivity contribution in [2.75, 3.05) is 18.5 Å². The molecule has 1 fully saturated rings. The monoisotopic (exact) mass is 341 g/mol. The molecule has 2 heterocycles. The van der Waals surface area contributed by atoms with Gasteiger partial charge >= 0.3 is 0 Å². The molecule has 7 heteroatoms. The molecule has 132 valence electrons. The summed E-state index contributed by atoms with van der Waals surface area (Å²) in [6, 6.07) is 9.71. The van der Waals surface area contributed by atoms with Gasteiger partial charge in [-0.1, -0.05) is 18.2 Å². The van der Waals surface area contributed by atoms with Gasteiger partial charge in [0.2, 0.25) is 11.8 Å². The minimum Gasteiger partial charge on any atom is -0.444 e. The molecule has 2 aromatic rings. The molecule has 0 spiro atoms. The van der Waals surface area contributed by atoms with E-state index in [0.717, 1.165) is 17.1 Å². The van der Waals surface area contributed by atoms with Gasteiger partial charge in [-0.2, -0.15) is 0 Å². The summed E-state index contributed by atoms with van der Waals surface area (Å²) < 4.78 is 5.55. The summed E-state index contributed by atoms with van der Waals surface area (Å²) in [5, 5.41) is 6.47. The van der Waals surface area contributed by atoms with E-state index in [1.165, 1.54) is 0 Å². The Kier molecular flexibility index (Phi) is 5.02. The van der Waals surface area contributed by atoms with Gasteiger partial charge in [0.1, 0.15) is 5.76 Å². The van der Waals surface area contributed by atoms with Gasteiger partial charge in [0.15, 0.2) is 5.96 Å². The summed E-state index contributed by atoms with van der Waals surface area (Å²) in [6.07, 6.45) is 0.437. The van der Waals surface area contributed by atoms with Crippen molar-refractivity contribution in [2.45, 2.75) is 32.9 Å². The lowest BCUT2D eigenvalue weighted by atomic mass is 10.2. The Bertz CT molecular complexity index is 750. The zero-order valence-electron chi connectivity index (χ0n) is 14.7. The van der Waals surface area contributed by atoms with Crippen LogP contribution in [0.5, 0.6) is 0 Å². The number of benzene rings is 1. The largest absolute Gasteiger partial charge is 0.444 e. The highest BCUT2D eigenvalue weighted by Crippen LogP contribution is 2.20. The summed E-state index contributed by atoms with van der Waals surface area (Å²) in [6.45, 7) is 4.86. The van der Waals surface area contributed by atoms with Gasteiger partial charge in [0.25, 0.3) is 0 Å². The van der Waals surface area contributed by atoms with E-state index in [4.69, 9.17) is 4.42 Å². The van der Waals surface area contributed by atoms with E-state index in [9.17, 15) is 4.79 Å². The summed E-state index contributed by atoms with van der Waals surface area (Å²) in [4.78, 5) is 22.6. The minimum absolute atomic E-state index is 0.00642. The van der Waals surface area contributed by atoms with E-state index >= 15 is 0 Å². The normalized spacial score (nSPS) is 17.9. The van der Waals surface area contributed by atoms with Gasteiger partial charge < -0.3 is 20.0 Å². The number of hydrogen-bond acceptors (Lipinski definition) is 4. The summed E-state index contributed by atoms with van der Waals surface area (Å²) in [5.74, 6) is 2.17. The molecule has 0 saturated carbocycles. The Morgan fingerprint density at radius 3 is 2.76 bits per heavy atom. The molecular weight excluding hydrogens is 318 g/mol. The van der Waals surface area contributed by atoms with Gasteiger partial charge in [-0.3, -0.25) is 9.79 Å². The Hall–Kier alpha value is -2.83. The van der Waals surface area contributed by atoms with Crippen LogP contribution in [0, 0.1) is 13.8 Å². The van der Waals surface area contributed by atoms with E-state index < -0.39 is 0 Å². The number of aryl methyl sites for hydroxylation is 2. The third-order valence-electron chi connectivity index (χ3n) is 4.24. The Labute approximate surface area is 147 Å². The molecule has 2 N–H and O–H groups in total. The second kappa shape index (κ2) is 7.38. The number of oxazole rings is 1. The summed E-state index contributed by atoms with van der Waals surface area (Å²) >= 11 is 0. The van der Waals surface area contributed by atoms with Crippen molar-refractivity contribution in [2.24, 2.45) is 4.99 Å². The quantitative estimate of drug-likeness (QED) is 0.654. The number of carbonyl (C=O) groups excluding carboxylic acids is 1. The number of guanidine groups is 1. The van der Waals surface area contributed by atoms with Crippen LogP contribution < -0.4 is 15.5 Å². The molecule has 25 heavy (non-hydrogen) atoms. The maximum absolute atomic E-state index is 12.3. The minimum atomic E-state index is 0.00642. The van der Waals surface area contributed by atoms with E-state index in [2.05, 4.69) is 20.6 Å². The van der Waals surface area contributed by atoms with Crippen molar-refractivity contribution in [3.63, 3.8) is 0 Å².